The molecule has 0 amide bonds. The summed E-state index contributed by atoms with van der Waals surface area (Å²) in [5.74, 6) is 3.45. The minimum absolute atomic E-state index is 0.0844. The van der Waals surface area contributed by atoms with E-state index >= 15 is 0 Å². The molecule has 6 heteroatoms. The lowest BCUT2D eigenvalue weighted by atomic mass is 9.30. The van der Waals surface area contributed by atoms with Crippen molar-refractivity contribution in [1.29, 1.82) is 0 Å². The fourth-order valence-corrected chi connectivity index (χ4v) is 12.4. The van der Waals surface area contributed by atoms with E-state index in [0.29, 0.717) is 0 Å². The van der Waals surface area contributed by atoms with Gasteiger partial charge in [0.2, 0.25) is 0 Å². The molecular weight excluding hydrogens is 874 g/mol. The molecule has 0 radical (unpaired) electrons. The van der Waals surface area contributed by atoms with Crippen molar-refractivity contribution >= 4 is 80.3 Å². The van der Waals surface area contributed by atoms with E-state index in [4.69, 9.17) is 9.47 Å². The highest BCUT2D eigenvalue weighted by atomic mass is 16.5. The molecule has 4 nitrogen and oxygen atoms in total. The summed E-state index contributed by atoms with van der Waals surface area (Å²) in [6.07, 6.45) is 6.89. The highest BCUT2D eigenvalue weighted by Gasteiger charge is 2.47. The first-order chi connectivity index (χ1) is 35.3. The van der Waals surface area contributed by atoms with Crippen molar-refractivity contribution < 1.29 is 9.47 Å². The molecule has 4 heterocycles. The summed E-state index contributed by atoms with van der Waals surface area (Å²) >= 11 is 0. The zero-order valence-electron chi connectivity index (χ0n) is 42.3. The maximum absolute atomic E-state index is 7.38. The highest BCUT2D eigenvalue weighted by molar-refractivity contribution is 7.02. The van der Waals surface area contributed by atoms with E-state index in [1.54, 1.807) is 0 Å². The number of nitrogens with zero attached hydrogens (tertiary/aromatic N) is 2. The Bertz CT molecular complexity index is 3640. The third kappa shape index (κ3) is 7.12. The van der Waals surface area contributed by atoms with Crippen LogP contribution in [0.5, 0.6) is 23.0 Å². The SMILES string of the molecule is CCCCc1ccc(N2c3ccc(C)cc3B3c4cc5c(cc4Oc4cc(-c6ccccc6C)cc2c43)Oc2cc(-c3ccccc3C)cc3c2B5c2c(C)cccc2N3c2ccc(CCCC)cc2)cc1. The normalized spacial score (nSPS) is 13.3. The standard InChI is InChI=1S/C66H58B2N2O2/c1-7-9-19-45-25-29-49(30-26-45)69-56-33-24-41(3)34-53(56)67-54-39-55-61(40-60(54)71-62-37-47(35-58(69)65(62)67)51-21-13-11-16-42(51)4)72-63-38-48(52-22-14-12-17-43(52)5)36-59-66(63)68(55)64-44(6)18-15-23-57(64)70(59)50-31-27-46(28-32-50)20-10-8-2/h11-18,21-40H,7-10,19-20H2,1-6H3. The van der Waals surface area contributed by atoms with E-state index in [1.165, 1.54) is 109 Å². The molecule has 9 aromatic rings. The third-order valence-electron chi connectivity index (χ3n) is 16.0. The Labute approximate surface area is 426 Å². The fraction of sp³-hybridized carbons (Fsp3) is 0.182. The molecule has 4 aliphatic heterocycles. The minimum atomic E-state index is -0.0862. The van der Waals surface area contributed by atoms with Gasteiger partial charge >= 0.3 is 0 Å². The van der Waals surface area contributed by atoms with Gasteiger partial charge in [-0.25, -0.2) is 0 Å². The lowest BCUT2D eigenvalue weighted by Gasteiger charge is -2.43. The van der Waals surface area contributed by atoms with Gasteiger partial charge in [-0.1, -0.05) is 141 Å². The van der Waals surface area contributed by atoms with Gasteiger partial charge in [0.25, 0.3) is 13.4 Å². The van der Waals surface area contributed by atoms with Crippen LogP contribution in [-0.2, 0) is 12.8 Å². The number of benzene rings is 9. The fourth-order valence-electron chi connectivity index (χ4n) is 12.4. The van der Waals surface area contributed by atoms with E-state index in [0.717, 1.165) is 75.2 Å². The number of hydrogen-bond donors (Lipinski definition) is 0. The van der Waals surface area contributed by atoms with Crippen LogP contribution < -0.4 is 52.1 Å². The highest BCUT2D eigenvalue weighted by Crippen LogP contribution is 2.47. The molecule has 13 rings (SSSR count). The molecule has 9 aromatic carbocycles. The summed E-state index contributed by atoms with van der Waals surface area (Å²) in [6.45, 7) is 13.3. The van der Waals surface area contributed by atoms with Gasteiger partial charge in [-0.2, -0.15) is 0 Å². The molecule has 0 unspecified atom stereocenters. The summed E-state index contributed by atoms with van der Waals surface area (Å²) in [7, 11) is 0. The minimum Gasteiger partial charge on any atom is -0.458 e. The predicted molar refractivity (Wildman–Crippen MR) is 305 cm³/mol. The molecule has 0 saturated heterocycles. The third-order valence-corrected chi connectivity index (χ3v) is 16.0. The van der Waals surface area contributed by atoms with Crippen molar-refractivity contribution in [2.75, 3.05) is 9.80 Å². The van der Waals surface area contributed by atoms with Crippen molar-refractivity contribution in [3.05, 3.63) is 203 Å². The zero-order chi connectivity index (χ0) is 48.8. The van der Waals surface area contributed by atoms with E-state index in [-0.39, 0.29) is 13.4 Å². The number of anilines is 6. The van der Waals surface area contributed by atoms with Crippen molar-refractivity contribution in [3.8, 4) is 45.3 Å². The second-order valence-electron chi connectivity index (χ2n) is 20.7. The number of aryl methyl sites for hydroxylation is 6. The molecule has 350 valence electrons. The average Bonchev–Trinajstić information content (AvgIpc) is 3.39. The average molecular weight is 933 g/mol. The first-order valence-corrected chi connectivity index (χ1v) is 26.3. The second kappa shape index (κ2) is 17.6. The molecule has 0 bridgehead atoms. The molecular formula is C66H58B2N2O2. The Hall–Kier alpha value is -7.69. The maximum atomic E-state index is 7.38. The second-order valence-corrected chi connectivity index (χ2v) is 20.7. The Morgan fingerprint density at radius 1 is 0.389 bits per heavy atom. The summed E-state index contributed by atoms with van der Waals surface area (Å²) in [4.78, 5) is 4.99. The largest absolute Gasteiger partial charge is 0.458 e. The number of hydrogen-bond acceptors (Lipinski definition) is 4. The van der Waals surface area contributed by atoms with Gasteiger partial charge in [0.05, 0.1) is 0 Å². The van der Waals surface area contributed by atoms with Gasteiger partial charge < -0.3 is 19.3 Å². The first-order valence-electron chi connectivity index (χ1n) is 26.3. The molecule has 0 fully saturated rings. The Balaban J connectivity index is 1.04. The lowest BCUT2D eigenvalue weighted by molar-refractivity contribution is 0.466. The molecule has 4 aliphatic rings. The molecule has 0 spiro atoms. The van der Waals surface area contributed by atoms with E-state index < -0.39 is 0 Å². The van der Waals surface area contributed by atoms with Crippen LogP contribution in [0.15, 0.2) is 170 Å². The summed E-state index contributed by atoms with van der Waals surface area (Å²) < 4.78 is 14.8. The van der Waals surface area contributed by atoms with Crippen LogP contribution in [0.4, 0.5) is 34.1 Å². The van der Waals surface area contributed by atoms with Crippen LogP contribution in [0, 0.1) is 27.7 Å². The van der Waals surface area contributed by atoms with Gasteiger partial charge in [0.1, 0.15) is 23.0 Å². The lowest BCUT2D eigenvalue weighted by Crippen LogP contribution is -2.63. The molecule has 72 heavy (non-hydrogen) atoms. The van der Waals surface area contributed by atoms with Gasteiger partial charge in [0, 0.05) is 40.2 Å². The Morgan fingerprint density at radius 2 is 0.903 bits per heavy atom. The molecule has 0 atom stereocenters. The monoisotopic (exact) mass is 932 g/mol. The quantitative estimate of drug-likeness (QED) is 0.128. The van der Waals surface area contributed by atoms with Crippen LogP contribution >= 0.6 is 0 Å². The number of fused-ring (bicyclic) bond motifs is 8. The van der Waals surface area contributed by atoms with Crippen LogP contribution in [0.2, 0.25) is 0 Å². The molecule has 0 N–H and O–H groups in total. The van der Waals surface area contributed by atoms with Crippen LogP contribution in [0.25, 0.3) is 22.3 Å². The van der Waals surface area contributed by atoms with Gasteiger partial charge in [0.15, 0.2) is 0 Å². The van der Waals surface area contributed by atoms with Crippen molar-refractivity contribution in [1.82, 2.24) is 0 Å². The molecule has 0 saturated carbocycles. The summed E-state index contributed by atoms with van der Waals surface area (Å²) in [5, 5.41) is 0. The number of ether oxygens (including phenoxy) is 2. The number of rotatable bonds is 10. The number of unbranched alkanes of at least 4 members (excludes halogenated alkanes) is 2. The van der Waals surface area contributed by atoms with Gasteiger partial charge in [-0.15, -0.1) is 0 Å². The van der Waals surface area contributed by atoms with Gasteiger partial charge in [-0.05, 0) is 191 Å². The van der Waals surface area contributed by atoms with Gasteiger partial charge in [-0.3, -0.25) is 0 Å². The molecule has 0 aromatic heterocycles. The van der Waals surface area contributed by atoms with Crippen LogP contribution in [0.3, 0.4) is 0 Å². The maximum Gasteiger partial charge on any atom is 0.256 e. The van der Waals surface area contributed by atoms with E-state index in [1.807, 2.05) is 0 Å². The first kappa shape index (κ1) is 44.3. The molecule has 0 aliphatic carbocycles. The van der Waals surface area contributed by atoms with E-state index in [2.05, 4.69) is 221 Å². The Kier molecular flexibility index (Phi) is 10.8. The zero-order valence-corrected chi connectivity index (χ0v) is 42.3. The topological polar surface area (TPSA) is 24.9 Å². The van der Waals surface area contributed by atoms with Crippen molar-refractivity contribution in [2.45, 2.75) is 80.1 Å². The van der Waals surface area contributed by atoms with Crippen molar-refractivity contribution in [3.63, 3.8) is 0 Å². The predicted octanol–water partition coefficient (Wildman–Crippen LogP) is 13.7. The Morgan fingerprint density at radius 3 is 1.46 bits per heavy atom. The summed E-state index contributed by atoms with van der Waals surface area (Å²) in [5.41, 5.74) is 26.7. The van der Waals surface area contributed by atoms with Crippen LogP contribution in [0.1, 0.15) is 72.9 Å². The van der Waals surface area contributed by atoms with E-state index in [9.17, 15) is 0 Å². The van der Waals surface area contributed by atoms with Crippen LogP contribution in [-0.4, -0.2) is 13.4 Å². The van der Waals surface area contributed by atoms with Crippen molar-refractivity contribution in [2.24, 2.45) is 0 Å². The summed E-state index contributed by atoms with van der Waals surface area (Å²) in [6, 6.07) is 63.9. The smallest absolute Gasteiger partial charge is 0.256 e.